The quantitative estimate of drug-likeness (QED) is 0.881. The molecule has 100 valence electrons. The van der Waals surface area contributed by atoms with Gasteiger partial charge in [-0.05, 0) is 35.9 Å². The van der Waals surface area contributed by atoms with E-state index in [4.69, 9.17) is 22.1 Å². The van der Waals surface area contributed by atoms with E-state index in [2.05, 4.69) is 0 Å². The summed E-state index contributed by atoms with van der Waals surface area (Å²) in [6.45, 7) is 0. The number of nitrogen functional groups attached to an aromatic ring is 1. The van der Waals surface area contributed by atoms with Gasteiger partial charge < -0.3 is 10.5 Å². The van der Waals surface area contributed by atoms with Gasteiger partial charge >= 0.3 is 0 Å². The van der Waals surface area contributed by atoms with E-state index in [0.717, 1.165) is 5.56 Å². The fourth-order valence-electron chi connectivity index (χ4n) is 1.65. The largest absolute Gasteiger partial charge is 0.497 e. The molecule has 2 N–H and O–H groups in total. The van der Waals surface area contributed by atoms with Crippen molar-refractivity contribution < 1.29 is 8.95 Å². The number of ether oxygens (including phenoxy) is 1. The van der Waals surface area contributed by atoms with Gasteiger partial charge in [0.15, 0.2) is 0 Å². The van der Waals surface area contributed by atoms with Gasteiger partial charge in [0.25, 0.3) is 0 Å². The second-order valence-electron chi connectivity index (χ2n) is 4.02. The Kier molecular flexibility index (Phi) is 4.45. The van der Waals surface area contributed by atoms with Gasteiger partial charge in [0, 0.05) is 15.6 Å². The smallest absolute Gasteiger partial charge is 0.120 e. The summed E-state index contributed by atoms with van der Waals surface area (Å²) in [6, 6.07) is 12.4. The molecular formula is C14H14ClNO2S. The number of rotatable bonds is 4. The number of hydrogen-bond donors (Lipinski definition) is 1. The first-order valence-electron chi connectivity index (χ1n) is 5.66. The molecule has 1 atom stereocenters. The maximum Gasteiger partial charge on any atom is 0.120 e. The lowest BCUT2D eigenvalue weighted by atomic mass is 10.2. The SMILES string of the molecule is COc1cccc(S(=O)Cc2ccc(N)cc2Cl)c1. The van der Waals surface area contributed by atoms with E-state index in [9.17, 15) is 4.21 Å². The molecule has 5 heteroatoms. The van der Waals surface area contributed by atoms with Crippen LogP contribution in [-0.4, -0.2) is 11.3 Å². The molecular weight excluding hydrogens is 282 g/mol. The minimum atomic E-state index is -1.17. The molecule has 0 saturated carbocycles. The van der Waals surface area contributed by atoms with E-state index in [-0.39, 0.29) is 0 Å². The predicted molar refractivity (Wildman–Crippen MR) is 79.0 cm³/mol. The highest BCUT2D eigenvalue weighted by Crippen LogP contribution is 2.23. The van der Waals surface area contributed by atoms with Crippen LogP contribution in [0.2, 0.25) is 5.02 Å². The summed E-state index contributed by atoms with van der Waals surface area (Å²) in [5, 5.41) is 0.538. The summed E-state index contributed by atoms with van der Waals surface area (Å²) >= 11 is 6.08. The van der Waals surface area contributed by atoms with Crippen LogP contribution in [0.25, 0.3) is 0 Å². The number of nitrogens with two attached hydrogens (primary N) is 1. The Morgan fingerprint density at radius 2 is 2.05 bits per heavy atom. The van der Waals surface area contributed by atoms with E-state index in [1.165, 1.54) is 0 Å². The highest BCUT2D eigenvalue weighted by atomic mass is 35.5. The van der Waals surface area contributed by atoms with Crippen molar-refractivity contribution >= 4 is 28.1 Å². The fraction of sp³-hybridized carbons (Fsp3) is 0.143. The first kappa shape index (κ1) is 13.9. The lowest BCUT2D eigenvalue weighted by molar-refractivity contribution is 0.413. The number of halogens is 1. The Bertz CT molecular complexity index is 616. The molecule has 0 radical (unpaired) electrons. The first-order valence-corrected chi connectivity index (χ1v) is 7.36. The average Bonchev–Trinajstić information content (AvgIpc) is 2.42. The van der Waals surface area contributed by atoms with Crippen LogP contribution in [0.3, 0.4) is 0 Å². The molecule has 0 aliphatic rings. The summed E-state index contributed by atoms with van der Waals surface area (Å²) in [4.78, 5) is 0.715. The molecule has 19 heavy (non-hydrogen) atoms. The van der Waals surface area contributed by atoms with Crippen molar-refractivity contribution in [1.29, 1.82) is 0 Å². The van der Waals surface area contributed by atoms with E-state index < -0.39 is 10.8 Å². The standard InChI is InChI=1S/C14H14ClNO2S/c1-18-12-3-2-4-13(8-12)19(17)9-10-5-6-11(16)7-14(10)15/h2-8H,9,16H2,1H3. The zero-order chi connectivity index (χ0) is 13.8. The van der Waals surface area contributed by atoms with Crippen molar-refractivity contribution in [2.75, 3.05) is 12.8 Å². The minimum Gasteiger partial charge on any atom is -0.497 e. The van der Waals surface area contributed by atoms with Crippen molar-refractivity contribution in [3.8, 4) is 5.75 Å². The summed E-state index contributed by atoms with van der Waals surface area (Å²) in [5.74, 6) is 1.04. The van der Waals surface area contributed by atoms with Crippen LogP contribution >= 0.6 is 11.6 Å². The fourth-order valence-corrected chi connectivity index (χ4v) is 3.16. The molecule has 0 aliphatic heterocycles. The van der Waals surface area contributed by atoms with Crippen molar-refractivity contribution in [3.05, 3.63) is 53.1 Å². The molecule has 2 aromatic carbocycles. The Labute approximate surface area is 119 Å². The van der Waals surface area contributed by atoms with Crippen LogP contribution in [0.5, 0.6) is 5.75 Å². The molecule has 0 heterocycles. The average molecular weight is 296 g/mol. The Balaban J connectivity index is 2.20. The van der Waals surface area contributed by atoms with Crippen molar-refractivity contribution in [2.45, 2.75) is 10.6 Å². The van der Waals surface area contributed by atoms with Gasteiger partial charge in [0.05, 0.1) is 23.7 Å². The maximum atomic E-state index is 12.3. The van der Waals surface area contributed by atoms with Crippen molar-refractivity contribution in [3.63, 3.8) is 0 Å². The molecule has 1 unspecified atom stereocenters. The van der Waals surface area contributed by atoms with Gasteiger partial charge in [-0.3, -0.25) is 4.21 Å². The van der Waals surface area contributed by atoms with Crippen LogP contribution in [0.4, 0.5) is 5.69 Å². The van der Waals surface area contributed by atoms with Gasteiger partial charge in [-0.15, -0.1) is 0 Å². The normalized spacial score (nSPS) is 12.1. The molecule has 0 bridgehead atoms. The maximum absolute atomic E-state index is 12.3. The third-order valence-electron chi connectivity index (χ3n) is 2.67. The van der Waals surface area contributed by atoms with E-state index in [0.29, 0.717) is 27.1 Å². The minimum absolute atomic E-state index is 0.353. The third kappa shape index (κ3) is 3.49. The second kappa shape index (κ2) is 6.08. The van der Waals surface area contributed by atoms with Gasteiger partial charge in [0.1, 0.15) is 5.75 Å². The Morgan fingerprint density at radius 3 is 2.74 bits per heavy atom. The summed E-state index contributed by atoms with van der Waals surface area (Å²) in [7, 11) is 0.414. The topological polar surface area (TPSA) is 52.3 Å². The molecule has 0 aromatic heterocycles. The molecule has 3 nitrogen and oxygen atoms in total. The highest BCUT2D eigenvalue weighted by Gasteiger charge is 2.09. The molecule has 2 aromatic rings. The second-order valence-corrected chi connectivity index (χ2v) is 5.88. The molecule has 0 saturated heterocycles. The number of anilines is 1. The van der Waals surface area contributed by atoms with Gasteiger partial charge in [0.2, 0.25) is 0 Å². The Morgan fingerprint density at radius 1 is 1.26 bits per heavy atom. The highest BCUT2D eigenvalue weighted by molar-refractivity contribution is 7.84. The molecule has 0 spiro atoms. The predicted octanol–water partition coefficient (Wildman–Crippen LogP) is 3.24. The Hall–Kier alpha value is -1.52. The van der Waals surface area contributed by atoms with Gasteiger partial charge in [-0.2, -0.15) is 0 Å². The van der Waals surface area contributed by atoms with Crippen LogP contribution in [-0.2, 0) is 16.6 Å². The van der Waals surface area contributed by atoms with Crippen molar-refractivity contribution in [2.24, 2.45) is 0 Å². The van der Waals surface area contributed by atoms with Crippen LogP contribution in [0.1, 0.15) is 5.56 Å². The van der Waals surface area contributed by atoms with E-state index in [1.54, 1.807) is 31.4 Å². The number of methoxy groups -OCH3 is 1. The number of hydrogen-bond acceptors (Lipinski definition) is 3. The molecule has 2 rings (SSSR count). The summed E-state index contributed by atoms with van der Waals surface area (Å²) < 4.78 is 17.4. The monoisotopic (exact) mass is 295 g/mol. The zero-order valence-electron chi connectivity index (χ0n) is 10.4. The lowest BCUT2D eigenvalue weighted by Gasteiger charge is -2.07. The van der Waals surface area contributed by atoms with E-state index in [1.807, 2.05) is 18.2 Å². The van der Waals surface area contributed by atoms with Crippen LogP contribution < -0.4 is 10.5 Å². The summed E-state index contributed by atoms with van der Waals surface area (Å²) in [5.41, 5.74) is 7.05. The first-order chi connectivity index (χ1) is 9.10. The van der Waals surface area contributed by atoms with Gasteiger partial charge in [-0.1, -0.05) is 23.7 Å². The van der Waals surface area contributed by atoms with Crippen LogP contribution in [0.15, 0.2) is 47.4 Å². The molecule has 0 aliphatic carbocycles. The number of benzene rings is 2. The lowest BCUT2D eigenvalue weighted by Crippen LogP contribution is -1.98. The third-order valence-corrected chi connectivity index (χ3v) is 4.37. The van der Waals surface area contributed by atoms with Gasteiger partial charge in [-0.25, -0.2) is 0 Å². The van der Waals surface area contributed by atoms with E-state index >= 15 is 0 Å². The van der Waals surface area contributed by atoms with Crippen molar-refractivity contribution in [1.82, 2.24) is 0 Å². The summed E-state index contributed by atoms with van der Waals surface area (Å²) in [6.07, 6.45) is 0. The molecule has 0 amide bonds. The zero-order valence-corrected chi connectivity index (χ0v) is 12.0. The van der Waals surface area contributed by atoms with Crippen LogP contribution in [0, 0.1) is 0 Å². The molecule has 0 fully saturated rings.